The van der Waals surface area contributed by atoms with Gasteiger partial charge in [-0.2, -0.15) is 0 Å². The molecule has 0 spiro atoms. The number of amides is 1. The lowest BCUT2D eigenvalue weighted by atomic mass is 9.88. The molecule has 3 saturated heterocycles. The minimum Gasteiger partial charge on any atom is -0.375 e. The maximum Gasteiger partial charge on any atom is 0.241 e. The van der Waals surface area contributed by atoms with Gasteiger partial charge in [0.2, 0.25) is 5.91 Å². The molecule has 0 saturated carbocycles. The first-order chi connectivity index (χ1) is 6.74. The van der Waals surface area contributed by atoms with E-state index >= 15 is 0 Å². The highest BCUT2D eigenvalue weighted by Gasteiger charge is 2.44. The van der Waals surface area contributed by atoms with E-state index in [0.717, 1.165) is 19.5 Å². The highest BCUT2D eigenvalue weighted by molar-refractivity contribution is 5.87. The van der Waals surface area contributed by atoms with Gasteiger partial charge in [-0.05, 0) is 19.3 Å². The molecule has 0 aromatic rings. The van der Waals surface area contributed by atoms with Crippen molar-refractivity contribution in [2.24, 2.45) is 11.7 Å². The van der Waals surface area contributed by atoms with Crippen molar-refractivity contribution in [2.75, 3.05) is 13.1 Å². The third-order valence-corrected chi connectivity index (χ3v) is 3.73. The molecular formula is C10H16N2O2. The molecule has 4 heteroatoms. The third kappa shape index (κ3) is 1.17. The van der Waals surface area contributed by atoms with E-state index in [2.05, 4.69) is 0 Å². The first kappa shape index (κ1) is 8.68. The highest BCUT2D eigenvalue weighted by atomic mass is 16.5. The molecular weight excluding hydrogens is 180 g/mol. The monoisotopic (exact) mass is 196 g/mol. The molecule has 3 aliphatic rings. The number of hydrogen-bond donors (Lipinski definition) is 1. The van der Waals surface area contributed by atoms with Gasteiger partial charge in [0.15, 0.2) is 0 Å². The fourth-order valence-corrected chi connectivity index (χ4v) is 2.91. The normalized spacial score (nSPS) is 45.8. The maximum atomic E-state index is 11.3. The van der Waals surface area contributed by atoms with Gasteiger partial charge in [-0.25, -0.2) is 0 Å². The van der Waals surface area contributed by atoms with Gasteiger partial charge in [0, 0.05) is 19.0 Å². The molecule has 2 bridgehead atoms. The maximum absolute atomic E-state index is 11.3. The van der Waals surface area contributed by atoms with E-state index in [0.29, 0.717) is 18.1 Å². The van der Waals surface area contributed by atoms with Crippen molar-refractivity contribution in [2.45, 2.75) is 37.5 Å². The number of rotatable bonds is 2. The van der Waals surface area contributed by atoms with Crippen LogP contribution in [-0.2, 0) is 9.53 Å². The smallest absolute Gasteiger partial charge is 0.241 e. The van der Waals surface area contributed by atoms with Crippen LogP contribution in [0.1, 0.15) is 19.3 Å². The van der Waals surface area contributed by atoms with Gasteiger partial charge in [-0.15, -0.1) is 0 Å². The Kier molecular flexibility index (Phi) is 1.82. The topological polar surface area (TPSA) is 55.6 Å². The molecule has 3 rings (SSSR count). The Bertz CT molecular complexity index is 269. The van der Waals surface area contributed by atoms with Crippen molar-refractivity contribution in [3.8, 4) is 0 Å². The quantitative estimate of drug-likeness (QED) is 0.618. The van der Waals surface area contributed by atoms with Gasteiger partial charge in [0.25, 0.3) is 0 Å². The van der Waals surface area contributed by atoms with Crippen LogP contribution < -0.4 is 5.73 Å². The second kappa shape index (κ2) is 2.94. The van der Waals surface area contributed by atoms with Crippen LogP contribution in [0.25, 0.3) is 0 Å². The summed E-state index contributed by atoms with van der Waals surface area (Å²) in [5.74, 6) is 0.693. The van der Waals surface area contributed by atoms with E-state index in [1.807, 2.05) is 4.90 Å². The van der Waals surface area contributed by atoms with E-state index in [1.54, 1.807) is 0 Å². The van der Waals surface area contributed by atoms with Crippen molar-refractivity contribution >= 4 is 5.91 Å². The second-order valence-corrected chi connectivity index (χ2v) is 4.72. The summed E-state index contributed by atoms with van der Waals surface area (Å²) in [7, 11) is 0. The number of carbonyl (C=O) groups is 1. The number of hydrogen-bond acceptors (Lipinski definition) is 3. The Morgan fingerprint density at radius 2 is 2.36 bits per heavy atom. The standard InChI is InChI=1S/C10H16N2O2/c11-8-5-12(10(8)13)4-6-3-7-1-2-9(6)14-7/h6-9H,1-5,11H2. The lowest BCUT2D eigenvalue weighted by Crippen LogP contribution is -2.62. The molecule has 3 heterocycles. The third-order valence-electron chi connectivity index (χ3n) is 3.73. The van der Waals surface area contributed by atoms with Crippen LogP contribution in [0.5, 0.6) is 0 Å². The van der Waals surface area contributed by atoms with Crippen LogP contribution in [-0.4, -0.2) is 42.1 Å². The molecule has 0 radical (unpaired) electrons. The van der Waals surface area contributed by atoms with Gasteiger partial charge in [0.05, 0.1) is 12.2 Å². The minimum atomic E-state index is -0.227. The van der Waals surface area contributed by atoms with Crippen LogP contribution in [0.2, 0.25) is 0 Å². The van der Waals surface area contributed by atoms with Gasteiger partial charge in [-0.3, -0.25) is 4.79 Å². The predicted molar refractivity (Wildman–Crippen MR) is 50.6 cm³/mol. The van der Waals surface area contributed by atoms with Gasteiger partial charge in [0.1, 0.15) is 6.04 Å². The molecule has 4 unspecified atom stereocenters. The Morgan fingerprint density at radius 1 is 1.50 bits per heavy atom. The summed E-state index contributed by atoms with van der Waals surface area (Å²) in [6.45, 7) is 1.61. The first-order valence-electron chi connectivity index (χ1n) is 5.44. The lowest BCUT2D eigenvalue weighted by Gasteiger charge is -2.38. The van der Waals surface area contributed by atoms with E-state index in [1.165, 1.54) is 12.8 Å². The zero-order chi connectivity index (χ0) is 9.71. The fraction of sp³-hybridized carbons (Fsp3) is 0.900. The van der Waals surface area contributed by atoms with Gasteiger partial charge in [-0.1, -0.05) is 0 Å². The molecule has 14 heavy (non-hydrogen) atoms. The molecule has 0 aromatic carbocycles. The van der Waals surface area contributed by atoms with Crippen LogP contribution in [0.3, 0.4) is 0 Å². The largest absolute Gasteiger partial charge is 0.375 e. The summed E-state index contributed by atoms with van der Waals surface area (Å²) in [6, 6.07) is -0.227. The van der Waals surface area contributed by atoms with Crippen molar-refractivity contribution in [3.63, 3.8) is 0 Å². The molecule has 1 amide bonds. The SMILES string of the molecule is NC1CN(CC2CC3CCC2O3)C1=O. The summed E-state index contributed by atoms with van der Waals surface area (Å²) in [5, 5.41) is 0. The number of ether oxygens (including phenoxy) is 1. The van der Waals surface area contributed by atoms with E-state index in [-0.39, 0.29) is 11.9 Å². The van der Waals surface area contributed by atoms with E-state index < -0.39 is 0 Å². The Morgan fingerprint density at radius 3 is 2.86 bits per heavy atom. The first-order valence-corrected chi connectivity index (χ1v) is 5.44. The van der Waals surface area contributed by atoms with Gasteiger partial charge >= 0.3 is 0 Å². The lowest BCUT2D eigenvalue weighted by molar-refractivity contribution is -0.143. The molecule has 0 aromatic heterocycles. The second-order valence-electron chi connectivity index (χ2n) is 4.72. The van der Waals surface area contributed by atoms with Crippen LogP contribution >= 0.6 is 0 Å². The van der Waals surface area contributed by atoms with Crippen LogP contribution in [0.4, 0.5) is 0 Å². The molecule has 78 valence electrons. The number of nitrogens with zero attached hydrogens (tertiary/aromatic N) is 1. The number of carbonyl (C=O) groups excluding carboxylic acids is 1. The molecule has 2 N–H and O–H groups in total. The summed E-state index contributed by atoms with van der Waals surface area (Å²) >= 11 is 0. The molecule has 3 fully saturated rings. The number of β-lactam (4-membered cyclic amide) rings is 1. The summed E-state index contributed by atoms with van der Waals surface area (Å²) in [5.41, 5.74) is 5.54. The summed E-state index contributed by atoms with van der Waals surface area (Å²) in [4.78, 5) is 13.2. The molecule has 4 nitrogen and oxygen atoms in total. The zero-order valence-corrected chi connectivity index (χ0v) is 8.19. The van der Waals surface area contributed by atoms with E-state index in [4.69, 9.17) is 10.5 Å². The van der Waals surface area contributed by atoms with Crippen molar-refractivity contribution in [3.05, 3.63) is 0 Å². The minimum absolute atomic E-state index is 0.118. The molecule has 3 aliphatic heterocycles. The fourth-order valence-electron chi connectivity index (χ4n) is 2.91. The molecule has 0 aliphatic carbocycles. The van der Waals surface area contributed by atoms with Crippen molar-refractivity contribution < 1.29 is 9.53 Å². The summed E-state index contributed by atoms with van der Waals surface area (Å²) in [6.07, 6.45) is 4.45. The van der Waals surface area contributed by atoms with Gasteiger partial charge < -0.3 is 15.4 Å². The van der Waals surface area contributed by atoms with Crippen molar-refractivity contribution in [1.29, 1.82) is 0 Å². The molecule has 4 atom stereocenters. The van der Waals surface area contributed by atoms with Crippen molar-refractivity contribution in [1.82, 2.24) is 4.90 Å². The number of nitrogens with two attached hydrogens (primary N) is 1. The highest BCUT2D eigenvalue weighted by Crippen LogP contribution is 2.39. The number of likely N-dealkylation sites (tertiary alicyclic amines) is 1. The van der Waals surface area contributed by atoms with Crippen LogP contribution in [0.15, 0.2) is 0 Å². The summed E-state index contributed by atoms with van der Waals surface area (Å²) < 4.78 is 5.75. The van der Waals surface area contributed by atoms with Crippen LogP contribution in [0, 0.1) is 5.92 Å². The Hall–Kier alpha value is -0.610. The average molecular weight is 196 g/mol. The average Bonchev–Trinajstić information content (AvgIpc) is 2.78. The van der Waals surface area contributed by atoms with E-state index in [9.17, 15) is 4.79 Å². The zero-order valence-electron chi connectivity index (χ0n) is 8.19. The Balaban J connectivity index is 1.56. The predicted octanol–water partition coefficient (Wildman–Crippen LogP) is -0.277. The Labute approximate surface area is 83.4 Å². The number of fused-ring (bicyclic) bond motifs is 2.